The summed E-state index contributed by atoms with van der Waals surface area (Å²) in [6.45, 7) is 2.65. The average molecular weight is 432 g/mol. The second-order valence-electron chi connectivity index (χ2n) is 7.79. The Hall–Kier alpha value is -2.97. The SMILES string of the molecule is CCc1cc(C(F)(F)F)c2c([C@@H]3CCCN(C(=O)CCc4ccncc4)C3)noc2n1. The Balaban J connectivity index is 1.56. The monoisotopic (exact) mass is 432 g/mol. The molecule has 0 spiro atoms. The minimum Gasteiger partial charge on any atom is -0.342 e. The highest BCUT2D eigenvalue weighted by molar-refractivity contribution is 5.82. The number of halogens is 3. The molecule has 1 aliphatic rings. The lowest BCUT2D eigenvalue weighted by molar-refractivity contribution is -0.136. The van der Waals surface area contributed by atoms with Gasteiger partial charge in [0.1, 0.15) is 0 Å². The summed E-state index contributed by atoms with van der Waals surface area (Å²) in [4.78, 5) is 22.6. The highest BCUT2D eigenvalue weighted by atomic mass is 19.4. The van der Waals surface area contributed by atoms with Gasteiger partial charge in [0.25, 0.3) is 5.71 Å². The summed E-state index contributed by atoms with van der Waals surface area (Å²) in [5, 5.41) is 3.89. The van der Waals surface area contributed by atoms with E-state index in [4.69, 9.17) is 4.52 Å². The molecule has 1 atom stereocenters. The predicted octanol–water partition coefficient (Wildman–Crippen LogP) is 4.54. The van der Waals surface area contributed by atoms with Crippen LogP contribution < -0.4 is 0 Å². The molecular formula is C22H23F3N4O2. The number of likely N-dealkylation sites (tertiary alicyclic amines) is 1. The Morgan fingerprint density at radius 3 is 2.77 bits per heavy atom. The van der Waals surface area contributed by atoms with Gasteiger partial charge in [-0.3, -0.25) is 9.78 Å². The van der Waals surface area contributed by atoms with E-state index in [1.807, 2.05) is 12.1 Å². The van der Waals surface area contributed by atoms with Crippen LogP contribution in [0.25, 0.3) is 11.1 Å². The molecule has 4 heterocycles. The fourth-order valence-electron chi connectivity index (χ4n) is 4.09. The maximum Gasteiger partial charge on any atom is 0.417 e. The summed E-state index contributed by atoms with van der Waals surface area (Å²) in [7, 11) is 0. The summed E-state index contributed by atoms with van der Waals surface area (Å²) in [6.07, 6.45) is 1.46. The summed E-state index contributed by atoms with van der Waals surface area (Å²) in [5.41, 5.74) is 0.699. The zero-order valence-electron chi connectivity index (χ0n) is 17.2. The van der Waals surface area contributed by atoms with Crippen molar-refractivity contribution >= 4 is 17.0 Å². The van der Waals surface area contributed by atoms with E-state index < -0.39 is 11.7 Å². The molecule has 0 N–H and O–H groups in total. The third-order valence-corrected chi connectivity index (χ3v) is 5.73. The van der Waals surface area contributed by atoms with Crippen LogP contribution in [0.3, 0.4) is 0 Å². The summed E-state index contributed by atoms with van der Waals surface area (Å²) in [5.74, 6) is -0.341. The van der Waals surface area contributed by atoms with Crippen molar-refractivity contribution in [2.24, 2.45) is 0 Å². The van der Waals surface area contributed by atoms with Crippen molar-refractivity contribution in [3.05, 3.63) is 53.1 Å². The third-order valence-electron chi connectivity index (χ3n) is 5.73. The zero-order valence-corrected chi connectivity index (χ0v) is 17.2. The molecule has 0 aliphatic carbocycles. The lowest BCUT2D eigenvalue weighted by Crippen LogP contribution is -2.39. The Bertz CT molecular complexity index is 1070. The molecule has 0 radical (unpaired) electrons. The van der Waals surface area contributed by atoms with Gasteiger partial charge in [-0.2, -0.15) is 13.2 Å². The fourth-order valence-corrected chi connectivity index (χ4v) is 4.09. The molecule has 0 bridgehead atoms. The molecule has 0 saturated carbocycles. The standard InChI is InChI=1S/C22H23F3N4O2/c1-2-16-12-17(22(23,24)25)19-20(28-31-21(19)27-16)15-4-3-11-29(13-15)18(30)6-5-14-7-9-26-10-8-14/h7-10,12,15H,2-6,11,13H2,1H3/t15-/m1/s1. The maximum atomic E-state index is 13.8. The van der Waals surface area contributed by atoms with Crippen molar-refractivity contribution in [2.45, 2.75) is 51.1 Å². The third kappa shape index (κ3) is 4.55. The first-order valence-electron chi connectivity index (χ1n) is 10.4. The van der Waals surface area contributed by atoms with Crippen LogP contribution in [0.5, 0.6) is 0 Å². The van der Waals surface area contributed by atoms with E-state index in [0.29, 0.717) is 50.9 Å². The normalized spacial score (nSPS) is 17.3. The minimum absolute atomic E-state index is 0.0169. The second kappa shape index (κ2) is 8.64. The van der Waals surface area contributed by atoms with Crippen LogP contribution in [-0.4, -0.2) is 39.0 Å². The number of nitrogens with zero attached hydrogens (tertiary/aromatic N) is 4. The quantitative estimate of drug-likeness (QED) is 0.592. The number of piperidine rings is 1. The van der Waals surface area contributed by atoms with Gasteiger partial charge in [0, 0.05) is 43.5 Å². The van der Waals surface area contributed by atoms with Crippen LogP contribution in [0.15, 0.2) is 35.1 Å². The first-order chi connectivity index (χ1) is 14.9. The highest BCUT2D eigenvalue weighted by Gasteiger charge is 2.38. The summed E-state index contributed by atoms with van der Waals surface area (Å²) in [6, 6.07) is 4.80. The van der Waals surface area contributed by atoms with Crippen molar-refractivity contribution in [3.8, 4) is 0 Å². The van der Waals surface area contributed by atoms with E-state index >= 15 is 0 Å². The molecule has 1 saturated heterocycles. The van der Waals surface area contributed by atoms with Gasteiger partial charge < -0.3 is 9.42 Å². The largest absolute Gasteiger partial charge is 0.417 e. The fraction of sp³-hybridized carbons (Fsp3) is 0.455. The maximum absolute atomic E-state index is 13.8. The molecule has 164 valence electrons. The molecule has 9 heteroatoms. The van der Waals surface area contributed by atoms with Crippen molar-refractivity contribution in [1.82, 2.24) is 20.0 Å². The molecule has 31 heavy (non-hydrogen) atoms. The van der Waals surface area contributed by atoms with Gasteiger partial charge in [-0.05, 0) is 49.4 Å². The number of hydrogen-bond donors (Lipinski definition) is 0. The molecule has 1 fully saturated rings. The van der Waals surface area contributed by atoms with Crippen molar-refractivity contribution in [3.63, 3.8) is 0 Å². The number of rotatable bonds is 5. The molecule has 3 aromatic rings. The Morgan fingerprint density at radius 2 is 2.06 bits per heavy atom. The van der Waals surface area contributed by atoms with Gasteiger partial charge in [-0.25, -0.2) is 4.98 Å². The number of carbonyl (C=O) groups excluding carboxylic acids is 1. The Kier molecular flexibility index (Phi) is 5.93. The molecule has 6 nitrogen and oxygen atoms in total. The van der Waals surface area contributed by atoms with Gasteiger partial charge >= 0.3 is 6.18 Å². The van der Waals surface area contributed by atoms with Gasteiger partial charge in [-0.1, -0.05) is 12.1 Å². The molecule has 4 rings (SSSR count). The number of carbonyl (C=O) groups is 1. The lowest BCUT2D eigenvalue weighted by atomic mass is 9.91. The van der Waals surface area contributed by atoms with Crippen LogP contribution in [0.1, 0.15) is 54.6 Å². The molecule has 1 aliphatic heterocycles. The lowest BCUT2D eigenvalue weighted by Gasteiger charge is -2.32. The molecular weight excluding hydrogens is 409 g/mol. The number of pyridine rings is 2. The number of alkyl halides is 3. The molecule has 3 aromatic heterocycles. The van der Waals surface area contributed by atoms with E-state index in [2.05, 4.69) is 15.1 Å². The van der Waals surface area contributed by atoms with Gasteiger partial charge in [0.15, 0.2) is 0 Å². The summed E-state index contributed by atoms with van der Waals surface area (Å²) >= 11 is 0. The Labute approximate surface area is 177 Å². The number of amides is 1. The van der Waals surface area contributed by atoms with E-state index in [1.165, 1.54) is 0 Å². The van der Waals surface area contributed by atoms with Crippen LogP contribution in [0, 0.1) is 0 Å². The first kappa shape index (κ1) is 21.3. The van der Waals surface area contributed by atoms with Crippen molar-refractivity contribution < 1.29 is 22.5 Å². The average Bonchev–Trinajstić information content (AvgIpc) is 3.20. The van der Waals surface area contributed by atoms with Gasteiger partial charge in [-0.15, -0.1) is 0 Å². The van der Waals surface area contributed by atoms with E-state index in [1.54, 1.807) is 24.2 Å². The number of aromatic nitrogens is 3. The number of hydrogen-bond acceptors (Lipinski definition) is 5. The van der Waals surface area contributed by atoms with Crippen LogP contribution in [0.2, 0.25) is 0 Å². The van der Waals surface area contributed by atoms with Crippen molar-refractivity contribution in [2.75, 3.05) is 13.1 Å². The van der Waals surface area contributed by atoms with E-state index in [-0.39, 0.29) is 28.6 Å². The van der Waals surface area contributed by atoms with Crippen molar-refractivity contribution in [1.29, 1.82) is 0 Å². The smallest absolute Gasteiger partial charge is 0.342 e. The molecule has 0 aromatic carbocycles. The topological polar surface area (TPSA) is 72.1 Å². The number of aryl methyl sites for hydroxylation is 2. The number of fused-ring (bicyclic) bond motifs is 1. The molecule has 1 amide bonds. The van der Waals surface area contributed by atoms with Crippen LogP contribution in [-0.2, 0) is 23.8 Å². The second-order valence-corrected chi connectivity index (χ2v) is 7.79. The van der Waals surface area contributed by atoms with Gasteiger partial charge in [0.2, 0.25) is 5.91 Å². The van der Waals surface area contributed by atoms with Crippen LogP contribution in [0.4, 0.5) is 13.2 Å². The highest BCUT2D eigenvalue weighted by Crippen LogP contribution is 2.40. The zero-order chi connectivity index (χ0) is 22.0. The summed E-state index contributed by atoms with van der Waals surface area (Å²) < 4.78 is 46.5. The van der Waals surface area contributed by atoms with Gasteiger partial charge in [0.05, 0.1) is 16.6 Å². The van der Waals surface area contributed by atoms with E-state index in [9.17, 15) is 18.0 Å². The Morgan fingerprint density at radius 1 is 1.29 bits per heavy atom. The first-order valence-corrected chi connectivity index (χ1v) is 10.4. The van der Waals surface area contributed by atoms with Crippen LogP contribution >= 0.6 is 0 Å². The molecule has 0 unspecified atom stereocenters. The predicted molar refractivity (Wildman–Crippen MR) is 107 cm³/mol. The minimum atomic E-state index is -4.54. The van der Waals surface area contributed by atoms with E-state index in [0.717, 1.165) is 11.6 Å².